The molecule has 3 rings (SSSR count). The van der Waals surface area contributed by atoms with Gasteiger partial charge in [0.15, 0.2) is 5.96 Å². The molecule has 6 heteroatoms. The van der Waals surface area contributed by atoms with Crippen molar-refractivity contribution in [3.63, 3.8) is 0 Å². The largest absolute Gasteiger partial charge is 0.354 e. The molecule has 1 aliphatic heterocycles. The molecule has 23 heavy (non-hydrogen) atoms. The third-order valence-electron chi connectivity index (χ3n) is 5.55. The van der Waals surface area contributed by atoms with Crippen LogP contribution < -0.4 is 5.32 Å². The maximum absolute atomic E-state index is 4.52. The molecule has 0 radical (unpaired) electrons. The van der Waals surface area contributed by atoms with Crippen LogP contribution in [0.2, 0.25) is 0 Å². The van der Waals surface area contributed by atoms with Crippen LogP contribution in [-0.2, 0) is 7.05 Å². The lowest BCUT2D eigenvalue weighted by Gasteiger charge is -2.38. The van der Waals surface area contributed by atoms with Gasteiger partial charge in [-0.3, -0.25) is 9.67 Å². The van der Waals surface area contributed by atoms with Gasteiger partial charge in [-0.2, -0.15) is 5.10 Å². The van der Waals surface area contributed by atoms with Gasteiger partial charge >= 0.3 is 0 Å². The molecule has 2 fully saturated rings. The molecular formula is C17H30N6. The Balaban J connectivity index is 1.60. The molecule has 0 amide bonds. The zero-order valence-electron chi connectivity index (χ0n) is 14.9. The minimum atomic E-state index is 0.292. The van der Waals surface area contributed by atoms with Gasteiger partial charge in [0.25, 0.3) is 0 Å². The van der Waals surface area contributed by atoms with E-state index in [2.05, 4.69) is 45.5 Å². The van der Waals surface area contributed by atoms with Crippen LogP contribution in [0.1, 0.15) is 37.3 Å². The fourth-order valence-corrected chi connectivity index (χ4v) is 3.93. The fraction of sp³-hybridized carbons (Fsp3) is 0.765. The number of hydrogen-bond acceptors (Lipinski definition) is 3. The number of likely N-dealkylation sites (tertiary alicyclic amines) is 1. The Morgan fingerprint density at radius 1 is 1.43 bits per heavy atom. The Kier molecular flexibility index (Phi) is 4.62. The first-order valence-corrected chi connectivity index (χ1v) is 8.64. The number of nitrogens with one attached hydrogen (secondary N) is 1. The number of nitrogens with zero attached hydrogens (tertiary/aromatic N) is 5. The normalized spacial score (nSPS) is 21.8. The van der Waals surface area contributed by atoms with Crippen LogP contribution in [0.3, 0.4) is 0 Å². The highest BCUT2D eigenvalue weighted by molar-refractivity contribution is 5.80. The van der Waals surface area contributed by atoms with Crippen LogP contribution in [0.5, 0.6) is 0 Å². The van der Waals surface area contributed by atoms with E-state index >= 15 is 0 Å². The molecule has 1 atom stereocenters. The second-order valence-electron chi connectivity index (χ2n) is 7.38. The van der Waals surface area contributed by atoms with Gasteiger partial charge in [0.1, 0.15) is 0 Å². The summed E-state index contributed by atoms with van der Waals surface area (Å²) >= 11 is 0. The van der Waals surface area contributed by atoms with Crippen LogP contribution in [0.25, 0.3) is 0 Å². The van der Waals surface area contributed by atoms with Crippen LogP contribution >= 0.6 is 0 Å². The minimum Gasteiger partial charge on any atom is -0.354 e. The zero-order valence-corrected chi connectivity index (χ0v) is 14.9. The first kappa shape index (κ1) is 16.3. The number of aryl methyl sites for hydroxylation is 1. The Bertz CT molecular complexity index is 557. The van der Waals surface area contributed by atoms with E-state index < -0.39 is 0 Å². The molecule has 2 heterocycles. The average Bonchev–Trinajstić information content (AvgIpc) is 3.09. The number of guanidine groups is 1. The predicted octanol–water partition coefficient (Wildman–Crippen LogP) is 1.47. The molecule has 128 valence electrons. The number of likely N-dealkylation sites (N-methyl/N-ethyl adjacent to an activating group) is 1. The monoisotopic (exact) mass is 318 g/mol. The van der Waals surface area contributed by atoms with Gasteiger partial charge in [-0.1, -0.05) is 6.42 Å². The van der Waals surface area contributed by atoms with Crippen molar-refractivity contribution in [3.8, 4) is 0 Å². The summed E-state index contributed by atoms with van der Waals surface area (Å²) in [6, 6.07) is 0.292. The minimum absolute atomic E-state index is 0.292. The summed E-state index contributed by atoms with van der Waals surface area (Å²) < 4.78 is 1.86. The number of rotatable bonds is 4. The molecule has 1 unspecified atom stereocenters. The summed E-state index contributed by atoms with van der Waals surface area (Å²) in [5.41, 5.74) is 1.83. The van der Waals surface area contributed by atoms with E-state index in [9.17, 15) is 0 Å². The Labute approximate surface area is 139 Å². The Morgan fingerprint density at radius 2 is 2.22 bits per heavy atom. The Morgan fingerprint density at radius 3 is 2.70 bits per heavy atom. The van der Waals surface area contributed by atoms with Crippen LogP contribution in [0, 0.1) is 5.41 Å². The predicted molar refractivity (Wildman–Crippen MR) is 93.5 cm³/mol. The number of aromatic nitrogens is 2. The molecule has 0 bridgehead atoms. The highest BCUT2D eigenvalue weighted by atomic mass is 15.3. The highest BCUT2D eigenvalue weighted by Gasteiger charge is 2.43. The van der Waals surface area contributed by atoms with Gasteiger partial charge < -0.3 is 15.1 Å². The molecule has 1 aromatic rings. The molecule has 1 aromatic heterocycles. The SMILES string of the molecule is CN=C(NCC(c1cnn(C)c1)N(C)C)N1CCC2(CCC2)C1. The molecule has 1 saturated carbocycles. The van der Waals surface area contributed by atoms with Crippen molar-refractivity contribution < 1.29 is 0 Å². The average molecular weight is 318 g/mol. The van der Waals surface area contributed by atoms with Crippen molar-refractivity contribution in [3.05, 3.63) is 18.0 Å². The third kappa shape index (κ3) is 3.37. The maximum atomic E-state index is 4.52. The van der Waals surface area contributed by atoms with Crippen molar-refractivity contribution in [2.75, 3.05) is 40.8 Å². The molecule has 6 nitrogen and oxygen atoms in total. The van der Waals surface area contributed by atoms with Crippen molar-refractivity contribution in [2.45, 2.75) is 31.7 Å². The lowest BCUT2D eigenvalue weighted by Crippen LogP contribution is -2.45. The van der Waals surface area contributed by atoms with Gasteiger partial charge in [-0.25, -0.2) is 0 Å². The quantitative estimate of drug-likeness (QED) is 0.675. The van der Waals surface area contributed by atoms with E-state index in [-0.39, 0.29) is 0 Å². The van der Waals surface area contributed by atoms with E-state index in [1.54, 1.807) is 0 Å². The second kappa shape index (κ2) is 6.51. The summed E-state index contributed by atoms with van der Waals surface area (Å²) in [6.45, 7) is 3.15. The molecule has 1 N–H and O–H groups in total. The maximum Gasteiger partial charge on any atom is 0.193 e. The smallest absolute Gasteiger partial charge is 0.193 e. The van der Waals surface area contributed by atoms with E-state index in [1.165, 1.54) is 37.8 Å². The topological polar surface area (TPSA) is 48.7 Å². The summed E-state index contributed by atoms with van der Waals surface area (Å²) in [5.74, 6) is 1.05. The summed E-state index contributed by atoms with van der Waals surface area (Å²) in [5, 5.41) is 7.89. The lowest BCUT2D eigenvalue weighted by molar-refractivity contribution is 0.151. The van der Waals surface area contributed by atoms with Gasteiger partial charge in [0, 0.05) is 45.5 Å². The molecule has 0 aromatic carbocycles. The highest BCUT2D eigenvalue weighted by Crippen LogP contribution is 2.47. The van der Waals surface area contributed by atoms with E-state index in [0.717, 1.165) is 19.0 Å². The van der Waals surface area contributed by atoms with Crippen molar-refractivity contribution in [1.29, 1.82) is 0 Å². The molecule has 2 aliphatic rings. The van der Waals surface area contributed by atoms with E-state index in [4.69, 9.17) is 0 Å². The zero-order chi connectivity index (χ0) is 16.4. The van der Waals surface area contributed by atoms with Crippen LogP contribution in [0.15, 0.2) is 17.4 Å². The van der Waals surface area contributed by atoms with Gasteiger partial charge in [0.05, 0.1) is 12.2 Å². The second-order valence-corrected chi connectivity index (χ2v) is 7.38. The number of hydrogen-bond donors (Lipinski definition) is 1. The summed E-state index contributed by atoms with van der Waals surface area (Å²) in [7, 11) is 8.08. The number of aliphatic imine (C=N–C) groups is 1. The molecule has 1 aliphatic carbocycles. The third-order valence-corrected chi connectivity index (χ3v) is 5.55. The molecule has 1 spiro atoms. The van der Waals surface area contributed by atoms with Gasteiger partial charge in [0.2, 0.25) is 0 Å². The van der Waals surface area contributed by atoms with E-state index in [1.807, 2.05) is 25.0 Å². The molecular weight excluding hydrogens is 288 g/mol. The van der Waals surface area contributed by atoms with Gasteiger partial charge in [-0.15, -0.1) is 0 Å². The standard InChI is InChI=1S/C17H30N6/c1-18-16(23-9-8-17(13-23)6-5-7-17)19-11-15(21(2)3)14-10-20-22(4)12-14/h10,12,15H,5-9,11,13H2,1-4H3,(H,18,19). The van der Waals surface area contributed by atoms with Crippen molar-refractivity contribution in [2.24, 2.45) is 17.5 Å². The van der Waals surface area contributed by atoms with Crippen molar-refractivity contribution >= 4 is 5.96 Å². The van der Waals surface area contributed by atoms with Crippen LogP contribution in [-0.4, -0.2) is 66.3 Å². The Hall–Kier alpha value is -1.56. The summed E-state index contributed by atoms with van der Waals surface area (Å²) in [4.78, 5) is 9.19. The fourth-order valence-electron chi connectivity index (χ4n) is 3.93. The lowest BCUT2D eigenvalue weighted by atomic mass is 9.68. The van der Waals surface area contributed by atoms with Crippen LogP contribution in [0.4, 0.5) is 0 Å². The van der Waals surface area contributed by atoms with Gasteiger partial charge in [-0.05, 0) is 38.8 Å². The van der Waals surface area contributed by atoms with E-state index in [0.29, 0.717) is 11.5 Å². The van der Waals surface area contributed by atoms with Crippen molar-refractivity contribution in [1.82, 2.24) is 24.9 Å². The first-order valence-electron chi connectivity index (χ1n) is 8.64. The first-order chi connectivity index (χ1) is 11.0. The molecule has 1 saturated heterocycles. The summed E-state index contributed by atoms with van der Waals surface area (Å²) in [6.07, 6.45) is 9.58.